The van der Waals surface area contributed by atoms with E-state index in [1.165, 1.54) is 12.8 Å². The summed E-state index contributed by atoms with van der Waals surface area (Å²) in [6.45, 7) is 9.91. The second-order valence-electron chi connectivity index (χ2n) is 4.72. The Bertz CT molecular complexity index is 125. The molecule has 2 atom stereocenters. The number of rotatable bonds is 8. The Kier molecular flexibility index (Phi) is 8.20. The minimum Gasteiger partial charge on any atom is -0.385 e. The Hall–Kier alpha value is -0.0800. The van der Waals surface area contributed by atoms with Crippen molar-refractivity contribution in [2.75, 3.05) is 13.7 Å². The molecule has 0 aromatic heterocycles. The van der Waals surface area contributed by atoms with Gasteiger partial charge >= 0.3 is 0 Å². The third-order valence-electron chi connectivity index (χ3n) is 2.50. The molecule has 86 valence electrons. The summed E-state index contributed by atoms with van der Waals surface area (Å²) in [5.74, 6) is 0.813. The smallest absolute Gasteiger partial charge is 0.0476 e. The minimum atomic E-state index is 0.567. The maximum absolute atomic E-state index is 5.05. The molecule has 14 heavy (non-hydrogen) atoms. The quantitative estimate of drug-likeness (QED) is 0.652. The van der Waals surface area contributed by atoms with Crippen molar-refractivity contribution in [3.63, 3.8) is 0 Å². The molecule has 2 heteroatoms. The van der Waals surface area contributed by atoms with E-state index in [1.54, 1.807) is 7.11 Å². The van der Waals surface area contributed by atoms with E-state index in [9.17, 15) is 0 Å². The van der Waals surface area contributed by atoms with Gasteiger partial charge in [-0.3, -0.25) is 0 Å². The third-order valence-corrected chi connectivity index (χ3v) is 2.50. The molecule has 0 aliphatic heterocycles. The maximum atomic E-state index is 5.05. The van der Waals surface area contributed by atoms with Gasteiger partial charge in [0.1, 0.15) is 0 Å². The first-order valence-corrected chi connectivity index (χ1v) is 5.81. The first kappa shape index (κ1) is 13.9. The van der Waals surface area contributed by atoms with Gasteiger partial charge in [0.25, 0.3) is 0 Å². The molecule has 0 aliphatic carbocycles. The molecule has 0 heterocycles. The Labute approximate surface area is 89.4 Å². The molecule has 0 saturated heterocycles. The highest BCUT2D eigenvalue weighted by Gasteiger charge is 2.07. The van der Waals surface area contributed by atoms with Gasteiger partial charge < -0.3 is 10.1 Å². The Balaban J connectivity index is 3.44. The fourth-order valence-electron chi connectivity index (χ4n) is 1.53. The molecule has 1 N–H and O–H groups in total. The van der Waals surface area contributed by atoms with E-state index in [2.05, 4.69) is 33.0 Å². The predicted octanol–water partition coefficient (Wildman–Crippen LogP) is 2.83. The zero-order chi connectivity index (χ0) is 11.0. The van der Waals surface area contributed by atoms with Crippen LogP contribution < -0.4 is 5.32 Å². The lowest BCUT2D eigenvalue weighted by Crippen LogP contribution is -2.35. The fourth-order valence-corrected chi connectivity index (χ4v) is 1.53. The van der Waals surface area contributed by atoms with Gasteiger partial charge in [-0.25, -0.2) is 0 Å². The van der Waals surface area contributed by atoms with E-state index in [4.69, 9.17) is 4.74 Å². The highest BCUT2D eigenvalue weighted by molar-refractivity contribution is 4.67. The average Bonchev–Trinajstić information content (AvgIpc) is 2.11. The van der Waals surface area contributed by atoms with Crippen LogP contribution in [-0.4, -0.2) is 25.8 Å². The Morgan fingerprint density at radius 3 is 2.00 bits per heavy atom. The molecule has 0 aromatic rings. The predicted molar refractivity (Wildman–Crippen MR) is 62.6 cm³/mol. The molecule has 2 nitrogen and oxygen atoms in total. The molecular formula is C12H27NO. The van der Waals surface area contributed by atoms with Crippen LogP contribution in [-0.2, 0) is 4.74 Å². The van der Waals surface area contributed by atoms with Crippen LogP contribution >= 0.6 is 0 Å². The monoisotopic (exact) mass is 201 g/mol. The van der Waals surface area contributed by atoms with Crippen molar-refractivity contribution in [3.8, 4) is 0 Å². The van der Waals surface area contributed by atoms with Gasteiger partial charge in [-0.15, -0.1) is 0 Å². The lowest BCUT2D eigenvalue weighted by Gasteiger charge is -2.20. The van der Waals surface area contributed by atoms with Crippen LogP contribution in [0.15, 0.2) is 0 Å². The fraction of sp³-hybridized carbons (Fsp3) is 1.00. The molecule has 0 amide bonds. The summed E-state index contributed by atoms with van der Waals surface area (Å²) in [7, 11) is 1.76. The van der Waals surface area contributed by atoms with Crippen LogP contribution in [0.5, 0.6) is 0 Å². The Morgan fingerprint density at radius 2 is 1.50 bits per heavy atom. The molecular weight excluding hydrogens is 174 g/mol. The second kappa shape index (κ2) is 8.25. The largest absolute Gasteiger partial charge is 0.385 e. The number of methoxy groups -OCH3 is 1. The SMILES string of the molecule is COCCC(C)NC(C)CCC(C)C. The number of nitrogens with one attached hydrogen (secondary N) is 1. The van der Waals surface area contributed by atoms with Gasteiger partial charge in [-0.2, -0.15) is 0 Å². The van der Waals surface area contributed by atoms with E-state index >= 15 is 0 Å². The summed E-state index contributed by atoms with van der Waals surface area (Å²) >= 11 is 0. The normalized spacial score (nSPS) is 15.9. The topological polar surface area (TPSA) is 21.3 Å². The van der Waals surface area contributed by atoms with E-state index in [1.807, 2.05) is 0 Å². The first-order chi connectivity index (χ1) is 6.56. The zero-order valence-electron chi connectivity index (χ0n) is 10.5. The second-order valence-corrected chi connectivity index (χ2v) is 4.72. The van der Waals surface area contributed by atoms with Crippen LogP contribution in [0.25, 0.3) is 0 Å². The number of hydrogen-bond donors (Lipinski definition) is 1. The van der Waals surface area contributed by atoms with Crippen molar-refractivity contribution in [3.05, 3.63) is 0 Å². The molecule has 0 fully saturated rings. The van der Waals surface area contributed by atoms with Crippen molar-refractivity contribution >= 4 is 0 Å². The Morgan fingerprint density at radius 1 is 0.929 bits per heavy atom. The summed E-state index contributed by atoms with van der Waals surface area (Å²) in [5, 5.41) is 3.59. The van der Waals surface area contributed by atoms with Gasteiger partial charge in [-0.1, -0.05) is 13.8 Å². The van der Waals surface area contributed by atoms with Crippen molar-refractivity contribution in [1.82, 2.24) is 5.32 Å². The summed E-state index contributed by atoms with van der Waals surface area (Å²) in [6, 6.07) is 1.20. The highest BCUT2D eigenvalue weighted by Crippen LogP contribution is 2.07. The summed E-state index contributed by atoms with van der Waals surface area (Å²) in [5.41, 5.74) is 0. The summed E-state index contributed by atoms with van der Waals surface area (Å²) in [4.78, 5) is 0. The zero-order valence-corrected chi connectivity index (χ0v) is 10.5. The van der Waals surface area contributed by atoms with Crippen molar-refractivity contribution in [2.24, 2.45) is 5.92 Å². The molecule has 0 spiro atoms. The highest BCUT2D eigenvalue weighted by atomic mass is 16.5. The van der Waals surface area contributed by atoms with Crippen LogP contribution in [0.2, 0.25) is 0 Å². The van der Waals surface area contributed by atoms with Crippen molar-refractivity contribution < 1.29 is 4.74 Å². The lowest BCUT2D eigenvalue weighted by atomic mass is 10.0. The van der Waals surface area contributed by atoms with Crippen LogP contribution in [0.1, 0.15) is 47.0 Å². The van der Waals surface area contributed by atoms with Crippen LogP contribution in [0.3, 0.4) is 0 Å². The van der Waals surface area contributed by atoms with Gasteiger partial charge in [0.15, 0.2) is 0 Å². The van der Waals surface area contributed by atoms with E-state index in [0.29, 0.717) is 12.1 Å². The molecule has 0 rings (SSSR count). The van der Waals surface area contributed by atoms with Gasteiger partial charge in [-0.05, 0) is 39.0 Å². The summed E-state index contributed by atoms with van der Waals surface area (Å²) in [6.07, 6.45) is 3.68. The molecule has 2 unspecified atom stereocenters. The third kappa shape index (κ3) is 8.52. The van der Waals surface area contributed by atoms with Crippen molar-refractivity contribution in [2.45, 2.75) is 59.0 Å². The van der Waals surface area contributed by atoms with E-state index in [0.717, 1.165) is 18.9 Å². The number of ether oxygens (including phenoxy) is 1. The van der Waals surface area contributed by atoms with Gasteiger partial charge in [0, 0.05) is 25.8 Å². The standard InChI is InChI=1S/C12H27NO/c1-10(2)6-7-11(3)13-12(4)8-9-14-5/h10-13H,6-9H2,1-5H3. The van der Waals surface area contributed by atoms with Gasteiger partial charge in [0.05, 0.1) is 0 Å². The molecule has 0 bridgehead atoms. The first-order valence-electron chi connectivity index (χ1n) is 5.81. The molecule has 0 aliphatic rings. The van der Waals surface area contributed by atoms with Crippen LogP contribution in [0.4, 0.5) is 0 Å². The van der Waals surface area contributed by atoms with E-state index in [-0.39, 0.29) is 0 Å². The molecule has 0 aromatic carbocycles. The van der Waals surface area contributed by atoms with Crippen molar-refractivity contribution in [1.29, 1.82) is 0 Å². The summed E-state index contributed by atoms with van der Waals surface area (Å²) < 4.78 is 5.05. The maximum Gasteiger partial charge on any atom is 0.0476 e. The van der Waals surface area contributed by atoms with Crippen LogP contribution in [0, 0.1) is 5.92 Å². The van der Waals surface area contributed by atoms with E-state index < -0.39 is 0 Å². The molecule has 0 saturated carbocycles. The number of hydrogen-bond acceptors (Lipinski definition) is 2. The van der Waals surface area contributed by atoms with Gasteiger partial charge in [0.2, 0.25) is 0 Å². The lowest BCUT2D eigenvalue weighted by molar-refractivity contribution is 0.182. The minimum absolute atomic E-state index is 0.567. The average molecular weight is 201 g/mol. The molecule has 0 radical (unpaired) electrons.